The minimum absolute atomic E-state index is 0.0713. The number of methoxy groups -OCH3 is 1. The zero-order valence-electron chi connectivity index (χ0n) is 14.6. The Hall–Kier alpha value is -3.04. The Bertz CT molecular complexity index is 905. The molecule has 7 heteroatoms. The van der Waals surface area contributed by atoms with Crippen LogP contribution in [0.5, 0.6) is 5.75 Å². The Labute approximate surface area is 161 Å². The quantitative estimate of drug-likeness (QED) is 0.739. The lowest BCUT2D eigenvalue weighted by Gasteiger charge is -2.19. The Morgan fingerprint density at radius 3 is 2.70 bits per heavy atom. The van der Waals surface area contributed by atoms with E-state index >= 15 is 0 Å². The lowest BCUT2D eigenvalue weighted by molar-refractivity contribution is -0.149. The second kappa shape index (κ2) is 8.11. The van der Waals surface area contributed by atoms with E-state index in [1.165, 1.54) is 12.0 Å². The first kappa shape index (κ1) is 18.7. The Balaban J connectivity index is 1.65. The van der Waals surface area contributed by atoms with Crippen LogP contribution < -0.4 is 9.64 Å². The highest BCUT2D eigenvalue weighted by atomic mass is 35.5. The summed E-state index contributed by atoms with van der Waals surface area (Å²) in [5, 5.41) is 9.28. The molecular weight excluding hydrogens is 368 g/mol. The van der Waals surface area contributed by atoms with Gasteiger partial charge in [0.1, 0.15) is 12.4 Å². The fourth-order valence-corrected chi connectivity index (χ4v) is 3.09. The van der Waals surface area contributed by atoms with Gasteiger partial charge in [0.05, 0.1) is 30.3 Å². The van der Waals surface area contributed by atoms with Crippen molar-refractivity contribution in [2.75, 3.05) is 18.6 Å². The number of nitriles is 1. The molecule has 2 aromatic carbocycles. The van der Waals surface area contributed by atoms with Crippen molar-refractivity contribution in [3.05, 3.63) is 58.6 Å². The Kier molecular flexibility index (Phi) is 5.63. The molecule has 138 valence electrons. The Morgan fingerprint density at radius 2 is 2.04 bits per heavy atom. The van der Waals surface area contributed by atoms with Gasteiger partial charge in [-0.15, -0.1) is 0 Å². The molecule has 3 rings (SSSR count). The molecule has 0 N–H and O–H groups in total. The summed E-state index contributed by atoms with van der Waals surface area (Å²) >= 11 is 6.03. The second-order valence-corrected chi connectivity index (χ2v) is 6.57. The first-order valence-corrected chi connectivity index (χ1v) is 8.69. The minimum Gasteiger partial charge on any atom is -0.495 e. The van der Waals surface area contributed by atoms with E-state index in [2.05, 4.69) is 0 Å². The van der Waals surface area contributed by atoms with Crippen LogP contribution in [0.3, 0.4) is 0 Å². The summed E-state index contributed by atoms with van der Waals surface area (Å²) < 4.78 is 10.6. The molecular formula is C20H17ClN2O4. The monoisotopic (exact) mass is 384 g/mol. The van der Waals surface area contributed by atoms with Gasteiger partial charge in [-0.1, -0.05) is 23.7 Å². The zero-order chi connectivity index (χ0) is 19.4. The molecule has 0 bridgehead atoms. The first-order valence-electron chi connectivity index (χ1n) is 8.31. The van der Waals surface area contributed by atoms with Gasteiger partial charge in [0.25, 0.3) is 0 Å². The maximum absolute atomic E-state index is 12.4. The first-order chi connectivity index (χ1) is 13.0. The van der Waals surface area contributed by atoms with Crippen LogP contribution in [0.1, 0.15) is 17.5 Å². The standard InChI is InChI=1S/C20H17ClN2O4/c1-26-18-7-6-16(21)9-17(18)23-11-15(8-19(23)24)20(25)27-12-14-4-2-13(10-22)3-5-14/h2-7,9,15H,8,11-12H2,1H3/t15-/m1/s1. The molecule has 0 radical (unpaired) electrons. The molecule has 1 heterocycles. The molecule has 0 spiro atoms. The molecule has 1 atom stereocenters. The van der Waals surface area contributed by atoms with Crippen LogP contribution in [0, 0.1) is 17.2 Å². The van der Waals surface area contributed by atoms with Crippen molar-refractivity contribution in [3.8, 4) is 11.8 Å². The zero-order valence-corrected chi connectivity index (χ0v) is 15.4. The van der Waals surface area contributed by atoms with E-state index in [4.69, 9.17) is 26.3 Å². The normalized spacial score (nSPS) is 16.1. The molecule has 1 aliphatic rings. The largest absolute Gasteiger partial charge is 0.495 e. The van der Waals surface area contributed by atoms with E-state index in [-0.39, 0.29) is 25.5 Å². The highest BCUT2D eigenvalue weighted by Gasteiger charge is 2.37. The smallest absolute Gasteiger partial charge is 0.311 e. The molecule has 2 aromatic rings. The minimum atomic E-state index is -0.556. The van der Waals surface area contributed by atoms with E-state index in [1.54, 1.807) is 42.5 Å². The maximum atomic E-state index is 12.4. The average Bonchev–Trinajstić information content (AvgIpc) is 3.08. The molecule has 1 amide bonds. The van der Waals surface area contributed by atoms with Gasteiger partial charge in [-0.2, -0.15) is 5.26 Å². The molecule has 0 unspecified atom stereocenters. The highest BCUT2D eigenvalue weighted by molar-refractivity contribution is 6.31. The van der Waals surface area contributed by atoms with Gasteiger partial charge in [0.15, 0.2) is 0 Å². The lowest BCUT2D eigenvalue weighted by atomic mass is 10.1. The predicted octanol–water partition coefficient (Wildman–Crippen LogP) is 3.32. The Morgan fingerprint density at radius 1 is 1.30 bits per heavy atom. The molecule has 0 aliphatic carbocycles. The van der Waals surface area contributed by atoms with Gasteiger partial charge in [-0.25, -0.2) is 0 Å². The van der Waals surface area contributed by atoms with Crippen molar-refractivity contribution in [1.29, 1.82) is 5.26 Å². The third-order valence-corrected chi connectivity index (χ3v) is 4.59. The number of ether oxygens (including phenoxy) is 2. The van der Waals surface area contributed by atoms with Crippen LogP contribution in [-0.2, 0) is 20.9 Å². The summed E-state index contributed by atoms with van der Waals surface area (Å²) in [5.41, 5.74) is 1.86. The van der Waals surface area contributed by atoms with Crippen LogP contribution in [-0.4, -0.2) is 25.5 Å². The van der Waals surface area contributed by atoms with Gasteiger partial charge in [0.2, 0.25) is 5.91 Å². The third kappa shape index (κ3) is 4.21. The average molecular weight is 385 g/mol. The van der Waals surface area contributed by atoms with Gasteiger partial charge >= 0.3 is 5.97 Å². The predicted molar refractivity (Wildman–Crippen MR) is 99.4 cm³/mol. The van der Waals surface area contributed by atoms with Crippen LogP contribution in [0.4, 0.5) is 5.69 Å². The van der Waals surface area contributed by atoms with Crippen molar-refractivity contribution in [3.63, 3.8) is 0 Å². The second-order valence-electron chi connectivity index (χ2n) is 6.14. The number of hydrogen-bond donors (Lipinski definition) is 0. The van der Waals surface area contributed by atoms with E-state index in [1.807, 2.05) is 6.07 Å². The third-order valence-electron chi connectivity index (χ3n) is 4.35. The van der Waals surface area contributed by atoms with Gasteiger partial charge in [0, 0.05) is 18.0 Å². The number of rotatable bonds is 5. The molecule has 6 nitrogen and oxygen atoms in total. The lowest BCUT2D eigenvalue weighted by Crippen LogP contribution is -2.26. The van der Waals surface area contributed by atoms with Crippen molar-refractivity contribution in [1.82, 2.24) is 0 Å². The van der Waals surface area contributed by atoms with Crippen LogP contribution in [0.25, 0.3) is 0 Å². The summed E-state index contributed by atoms with van der Waals surface area (Å²) in [6, 6.07) is 13.8. The van der Waals surface area contributed by atoms with E-state index < -0.39 is 11.9 Å². The summed E-state index contributed by atoms with van der Waals surface area (Å²) in [7, 11) is 1.51. The van der Waals surface area contributed by atoms with E-state index in [9.17, 15) is 9.59 Å². The van der Waals surface area contributed by atoms with Crippen molar-refractivity contribution >= 4 is 29.2 Å². The highest BCUT2D eigenvalue weighted by Crippen LogP contribution is 2.35. The molecule has 1 aliphatic heterocycles. The SMILES string of the molecule is COc1ccc(Cl)cc1N1C[C@H](C(=O)OCc2ccc(C#N)cc2)CC1=O. The number of carbonyl (C=O) groups excluding carboxylic acids is 2. The van der Waals surface area contributed by atoms with Crippen molar-refractivity contribution < 1.29 is 19.1 Å². The number of carbonyl (C=O) groups is 2. The number of nitrogens with zero attached hydrogens (tertiary/aromatic N) is 2. The van der Waals surface area contributed by atoms with E-state index in [0.717, 1.165) is 5.56 Å². The molecule has 0 aromatic heterocycles. The van der Waals surface area contributed by atoms with Crippen LogP contribution in [0.2, 0.25) is 5.02 Å². The number of anilines is 1. The topological polar surface area (TPSA) is 79.6 Å². The molecule has 27 heavy (non-hydrogen) atoms. The van der Waals surface area contributed by atoms with E-state index in [0.29, 0.717) is 22.0 Å². The molecule has 0 saturated carbocycles. The molecule has 1 fully saturated rings. The fraction of sp³-hybridized carbons (Fsp3) is 0.250. The number of amides is 1. The van der Waals surface area contributed by atoms with Gasteiger partial charge < -0.3 is 14.4 Å². The number of benzene rings is 2. The maximum Gasteiger partial charge on any atom is 0.311 e. The van der Waals surface area contributed by atoms with Crippen molar-refractivity contribution in [2.45, 2.75) is 13.0 Å². The summed E-state index contributed by atoms with van der Waals surface area (Å²) in [6.07, 6.45) is 0.0713. The number of esters is 1. The number of halogens is 1. The number of hydrogen-bond acceptors (Lipinski definition) is 5. The van der Waals surface area contributed by atoms with Gasteiger partial charge in [-0.3, -0.25) is 9.59 Å². The van der Waals surface area contributed by atoms with Crippen molar-refractivity contribution in [2.24, 2.45) is 5.92 Å². The summed E-state index contributed by atoms with van der Waals surface area (Å²) in [5.74, 6) is -0.661. The van der Waals surface area contributed by atoms with Crippen LogP contribution >= 0.6 is 11.6 Å². The summed E-state index contributed by atoms with van der Waals surface area (Å²) in [4.78, 5) is 26.3. The van der Waals surface area contributed by atoms with Crippen LogP contribution in [0.15, 0.2) is 42.5 Å². The summed E-state index contributed by atoms with van der Waals surface area (Å²) in [6.45, 7) is 0.303. The molecule has 1 saturated heterocycles. The fourth-order valence-electron chi connectivity index (χ4n) is 2.92. The van der Waals surface area contributed by atoms with Gasteiger partial charge in [-0.05, 0) is 35.9 Å².